The average molecular weight is 365 g/mol. The fourth-order valence-electron chi connectivity index (χ4n) is 3.20. The molecule has 0 aliphatic carbocycles. The maximum Gasteiger partial charge on any atom is 0.257 e. The Kier molecular flexibility index (Phi) is 4.47. The van der Waals surface area contributed by atoms with Gasteiger partial charge in [-0.1, -0.05) is 11.3 Å². The van der Waals surface area contributed by atoms with Crippen molar-refractivity contribution in [3.05, 3.63) is 28.8 Å². The molecular formula is C17H20FN3O3S. The summed E-state index contributed by atoms with van der Waals surface area (Å²) < 4.78 is 31.2. The normalized spacial score (nSPS) is 23.0. The van der Waals surface area contributed by atoms with Crippen LogP contribution in [0.15, 0.2) is 12.3 Å². The maximum atomic E-state index is 14.3. The van der Waals surface area contributed by atoms with Gasteiger partial charge in [-0.3, -0.25) is 4.90 Å². The molecule has 0 radical (unpaired) electrons. The number of ether oxygens (including phenoxy) is 3. The van der Waals surface area contributed by atoms with Crippen molar-refractivity contribution >= 4 is 11.3 Å². The van der Waals surface area contributed by atoms with Crippen molar-refractivity contribution in [2.75, 3.05) is 19.8 Å². The van der Waals surface area contributed by atoms with E-state index in [4.69, 9.17) is 14.2 Å². The summed E-state index contributed by atoms with van der Waals surface area (Å²) in [5.41, 5.74) is 0.380. The highest BCUT2D eigenvalue weighted by molar-refractivity contribution is 7.13. The second-order valence-electron chi connectivity index (χ2n) is 6.37. The van der Waals surface area contributed by atoms with E-state index >= 15 is 0 Å². The fraction of sp³-hybridized carbons (Fsp3) is 0.529. The lowest BCUT2D eigenvalue weighted by Crippen LogP contribution is -2.29. The van der Waals surface area contributed by atoms with Crippen molar-refractivity contribution in [1.29, 1.82) is 0 Å². The van der Waals surface area contributed by atoms with Gasteiger partial charge in [-0.25, -0.2) is 14.4 Å². The van der Waals surface area contributed by atoms with Crippen molar-refractivity contribution in [3.63, 3.8) is 0 Å². The lowest BCUT2D eigenvalue weighted by Gasteiger charge is -2.22. The summed E-state index contributed by atoms with van der Waals surface area (Å²) in [6.07, 6.45) is 2.73. The highest BCUT2D eigenvalue weighted by atomic mass is 32.1. The van der Waals surface area contributed by atoms with Crippen molar-refractivity contribution in [2.45, 2.75) is 39.0 Å². The lowest BCUT2D eigenvalue weighted by molar-refractivity contribution is 0.160. The number of rotatable bonds is 4. The van der Waals surface area contributed by atoms with E-state index in [1.165, 1.54) is 6.07 Å². The molecule has 2 aliphatic rings. The number of pyridine rings is 1. The van der Waals surface area contributed by atoms with Gasteiger partial charge in [0.25, 0.3) is 5.88 Å². The number of hydrogen-bond acceptors (Lipinski definition) is 7. The van der Waals surface area contributed by atoms with Gasteiger partial charge in [-0.05, 0) is 13.8 Å². The lowest BCUT2D eigenvalue weighted by atomic mass is 10.2. The van der Waals surface area contributed by atoms with Gasteiger partial charge in [0, 0.05) is 31.6 Å². The Balaban J connectivity index is 1.44. The molecule has 0 saturated carbocycles. The summed E-state index contributed by atoms with van der Waals surface area (Å²) in [7, 11) is 0. The Morgan fingerprint density at radius 3 is 3.04 bits per heavy atom. The van der Waals surface area contributed by atoms with Crippen LogP contribution >= 0.6 is 11.3 Å². The quantitative estimate of drug-likeness (QED) is 0.830. The van der Waals surface area contributed by atoms with E-state index in [1.807, 2.05) is 6.92 Å². The van der Waals surface area contributed by atoms with Gasteiger partial charge >= 0.3 is 0 Å². The minimum absolute atomic E-state index is 0.0788. The van der Waals surface area contributed by atoms with E-state index in [9.17, 15) is 4.39 Å². The zero-order valence-electron chi connectivity index (χ0n) is 14.2. The number of hydrogen-bond donors (Lipinski definition) is 0. The summed E-state index contributed by atoms with van der Waals surface area (Å²) in [6.45, 7) is 6.09. The average Bonchev–Trinajstić information content (AvgIpc) is 3.14. The topological polar surface area (TPSA) is 56.7 Å². The second kappa shape index (κ2) is 6.76. The Morgan fingerprint density at radius 1 is 1.40 bits per heavy atom. The van der Waals surface area contributed by atoms with E-state index in [2.05, 4.69) is 21.8 Å². The van der Waals surface area contributed by atoms with Crippen LogP contribution in [0.3, 0.4) is 0 Å². The molecule has 1 unspecified atom stereocenters. The Hall–Kier alpha value is -1.93. The fourth-order valence-corrected chi connectivity index (χ4v) is 3.89. The predicted octanol–water partition coefficient (Wildman–Crippen LogP) is 2.80. The maximum absolute atomic E-state index is 14.3. The SMILES string of the molecule is Cc1ncc(OC2C[C@H](C)N(Cc3nc4c(cc3F)OCCO4)C2)s1. The van der Waals surface area contributed by atoms with Crippen LogP contribution in [-0.4, -0.2) is 46.8 Å². The first-order valence-electron chi connectivity index (χ1n) is 8.36. The number of aryl methyl sites for hydroxylation is 1. The highest BCUT2D eigenvalue weighted by Crippen LogP contribution is 2.32. The zero-order chi connectivity index (χ0) is 17.4. The monoisotopic (exact) mass is 365 g/mol. The molecular weight excluding hydrogens is 345 g/mol. The third-order valence-corrected chi connectivity index (χ3v) is 5.27. The van der Waals surface area contributed by atoms with Crippen LogP contribution in [0, 0.1) is 12.7 Å². The summed E-state index contributed by atoms with van der Waals surface area (Å²) in [4.78, 5) is 10.7. The number of halogens is 1. The van der Waals surface area contributed by atoms with Gasteiger partial charge < -0.3 is 14.2 Å². The van der Waals surface area contributed by atoms with Crippen LogP contribution in [0.5, 0.6) is 16.7 Å². The Labute approximate surface area is 149 Å². The molecule has 2 aliphatic heterocycles. The molecule has 2 aromatic rings. The molecule has 1 fully saturated rings. The molecule has 0 bridgehead atoms. The second-order valence-corrected chi connectivity index (χ2v) is 7.57. The van der Waals surface area contributed by atoms with E-state index in [-0.39, 0.29) is 18.0 Å². The molecule has 1 saturated heterocycles. The van der Waals surface area contributed by atoms with Crippen molar-refractivity contribution in [1.82, 2.24) is 14.9 Å². The summed E-state index contributed by atoms with van der Waals surface area (Å²) in [6, 6.07) is 1.65. The molecule has 0 aromatic carbocycles. The summed E-state index contributed by atoms with van der Waals surface area (Å²) in [5.74, 6) is 0.394. The van der Waals surface area contributed by atoms with Gasteiger partial charge in [0.05, 0.1) is 16.9 Å². The molecule has 134 valence electrons. The van der Waals surface area contributed by atoms with Crippen molar-refractivity contribution < 1.29 is 18.6 Å². The van der Waals surface area contributed by atoms with Crippen LogP contribution in [0.4, 0.5) is 4.39 Å². The van der Waals surface area contributed by atoms with Gasteiger partial charge in [0.1, 0.15) is 25.1 Å². The third kappa shape index (κ3) is 3.55. The van der Waals surface area contributed by atoms with Crippen molar-refractivity contribution in [3.8, 4) is 16.7 Å². The molecule has 25 heavy (non-hydrogen) atoms. The van der Waals surface area contributed by atoms with Crippen LogP contribution in [0.1, 0.15) is 24.0 Å². The van der Waals surface area contributed by atoms with Crippen LogP contribution in [-0.2, 0) is 6.54 Å². The third-order valence-electron chi connectivity index (χ3n) is 4.46. The van der Waals surface area contributed by atoms with Gasteiger partial charge in [0.15, 0.2) is 10.8 Å². The van der Waals surface area contributed by atoms with Gasteiger partial charge in [-0.2, -0.15) is 0 Å². The van der Waals surface area contributed by atoms with Gasteiger partial charge in [0.2, 0.25) is 0 Å². The number of aromatic nitrogens is 2. The molecule has 2 atom stereocenters. The molecule has 2 aromatic heterocycles. The Morgan fingerprint density at radius 2 is 2.24 bits per heavy atom. The van der Waals surface area contributed by atoms with Crippen LogP contribution in [0.2, 0.25) is 0 Å². The number of likely N-dealkylation sites (tertiary alicyclic amines) is 1. The van der Waals surface area contributed by atoms with E-state index in [0.29, 0.717) is 37.1 Å². The minimum atomic E-state index is -0.362. The summed E-state index contributed by atoms with van der Waals surface area (Å²) in [5, 5.41) is 1.82. The summed E-state index contributed by atoms with van der Waals surface area (Å²) >= 11 is 1.54. The van der Waals surface area contributed by atoms with E-state index < -0.39 is 0 Å². The van der Waals surface area contributed by atoms with Crippen molar-refractivity contribution in [2.24, 2.45) is 0 Å². The molecule has 8 heteroatoms. The number of fused-ring (bicyclic) bond motifs is 1. The Bertz CT molecular complexity index is 770. The molecule has 6 nitrogen and oxygen atoms in total. The minimum Gasteiger partial charge on any atom is -0.484 e. The standard InChI is InChI=1S/C17H20FN3O3S/c1-10-5-12(24-16-7-19-11(2)25-16)8-21(10)9-14-13(18)6-15-17(20-14)23-4-3-22-15/h6-7,10,12H,3-5,8-9H2,1-2H3/t10-,12?/m0/s1. The number of nitrogens with zero attached hydrogens (tertiary/aromatic N) is 3. The van der Waals surface area contributed by atoms with Crippen LogP contribution in [0.25, 0.3) is 0 Å². The predicted molar refractivity (Wildman–Crippen MR) is 90.9 cm³/mol. The first-order chi connectivity index (χ1) is 12.1. The first-order valence-corrected chi connectivity index (χ1v) is 9.18. The molecule has 0 amide bonds. The molecule has 0 spiro atoms. The van der Waals surface area contributed by atoms with E-state index in [0.717, 1.165) is 23.0 Å². The molecule has 0 N–H and O–H groups in total. The first kappa shape index (κ1) is 16.5. The largest absolute Gasteiger partial charge is 0.484 e. The molecule has 4 heterocycles. The molecule has 4 rings (SSSR count). The zero-order valence-corrected chi connectivity index (χ0v) is 15.0. The number of thiazole rings is 1. The van der Waals surface area contributed by atoms with Gasteiger partial charge in [-0.15, -0.1) is 0 Å². The smallest absolute Gasteiger partial charge is 0.257 e. The highest BCUT2D eigenvalue weighted by Gasteiger charge is 2.32. The van der Waals surface area contributed by atoms with Crippen LogP contribution < -0.4 is 14.2 Å². The van der Waals surface area contributed by atoms with E-state index in [1.54, 1.807) is 17.5 Å².